The highest BCUT2D eigenvalue weighted by molar-refractivity contribution is 5.34. The molecule has 1 aromatic heterocycles. The minimum atomic E-state index is -0.257. The van der Waals surface area contributed by atoms with Gasteiger partial charge in [-0.2, -0.15) is 0 Å². The van der Waals surface area contributed by atoms with Gasteiger partial charge in [-0.1, -0.05) is 6.07 Å². The first-order valence-electron chi connectivity index (χ1n) is 4.64. The predicted molar refractivity (Wildman–Crippen MR) is 57.9 cm³/mol. The first-order chi connectivity index (χ1) is 7.78. The number of aromatic amines is 1. The van der Waals surface area contributed by atoms with Gasteiger partial charge in [0.1, 0.15) is 11.5 Å². The van der Waals surface area contributed by atoms with E-state index in [-0.39, 0.29) is 11.4 Å². The van der Waals surface area contributed by atoms with Crippen LogP contribution in [0.3, 0.4) is 0 Å². The van der Waals surface area contributed by atoms with Crippen LogP contribution in [0.15, 0.2) is 41.5 Å². The van der Waals surface area contributed by atoms with Crippen LogP contribution in [-0.2, 0) is 0 Å². The normalized spacial score (nSPS) is 9.81. The van der Waals surface area contributed by atoms with Gasteiger partial charge < -0.3 is 14.5 Å². The molecule has 0 amide bonds. The highest BCUT2D eigenvalue weighted by Crippen LogP contribution is 2.22. The average Bonchev–Trinajstić information content (AvgIpc) is 2.29. The molecule has 1 heterocycles. The molecule has 0 spiro atoms. The van der Waals surface area contributed by atoms with Gasteiger partial charge in [-0.05, 0) is 12.1 Å². The Hall–Kier alpha value is -2.30. The van der Waals surface area contributed by atoms with Crippen LogP contribution in [0.4, 0.5) is 0 Å². The molecular formula is C11H10N2O3. The van der Waals surface area contributed by atoms with Gasteiger partial charge in [0.15, 0.2) is 0 Å². The van der Waals surface area contributed by atoms with Crippen LogP contribution in [0.1, 0.15) is 0 Å². The molecule has 0 unspecified atom stereocenters. The fourth-order valence-corrected chi connectivity index (χ4v) is 1.19. The Balaban J connectivity index is 2.23. The van der Waals surface area contributed by atoms with Crippen molar-refractivity contribution in [2.45, 2.75) is 0 Å². The van der Waals surface area contributed by atoms with Gasteiger partial charge in [0, 0.05) is 6.07 Å². The lowest BCUT2D eigenvalue weighted by Gasteiger charge is -2.05. The van der Waals surface area contributed by atoms with Crippen molar-refractivity contribution in [3.8, 4) is 17.4 Å². The summed E-state index contributed by atoms with van der Waals surface area (Å²) >= 11 is 0. The third kappa shape index (κ3) is 2.38. The number of nitrogens with zero attached hydrogens (tertiary/aromatic N) is 1. The van der Waals surface area contributed by atoms with Crippen molar-refractivity contribution in [3.05, 3.63) is 47.0 Å². The second kappa shape index (κ2) is 4.48. The van der Waals surface area contributed by atoms with Gasteiger partial charge in [-0.25, -0.2) is 4.98 Å². The van der Waals surface area contributed by atoms with Crippen molar-refractivity contribution in [1.82, 2.24) is 9.97 Å². The van der Waals surface area contributed by atoms with E-state index in [1.807, 2.05) is 0 Å². The number of hydrogen-bond acceptors (Lipinski definition) is 4. The lowest BCUT2D eigenvalue weighted by molar-refractivity contribution is 0.407. The molecule has 0 fully saturated rings. The number of ether oxygens (including phenoxy) is 2. The second-order valence-corrected chi connectivity index (χ2v) is 3.03. The molecule has 0 aliphatic heterocycles. The fourth-order valence-electron chi connectivity index (χ4n) is 1.19. The lowest BCUT2D eigenvalue weighted by Crippen LogP contribution is -2.04. The number of hydrogen-bond donors (Lipinski definition) is 1. The van der Waals surface area contributed by atoms with Crippen LogP contribution in [-0.4, -0.2) is 17.1 Å². The smallest absolute Gasteiger partial charge is 0.254 e. The zero-order valence-electron chi connectivity index (χ0n) is 8.64. The van der Waals surface area contributed by atoms with E-state index in [1.165, 1.54) is 12.4 Å². The molecule has 1 N–H and O–H groups in total. The number of benzene rings is 1. The molecule has 2 rings (SSSR count). The number of H-pyrrole nitrogens is 1. The minimum absolute atomic E-state index is 0.247. The Morgan fingerprint density at radius 2 is 2.06 bits per heavy atom. The van der Waals surface area contributed by atoms with E-state index in [4.69, 9.17) is 9.47 Å². The number of methoxy groups -OCH3 is 1. The van der Waals surface area contributed by atoms with Gasteiger partial charge in [-0.15, -0.1) is 0 Å². The Labute approximate surface area is 91.7 Å². The summed E-state index contributed by atoms with van der Waals surface area (Å²) in [7, 11) is 1.57. The van der Waals surface area contributed by atoms with Crippen LogP contribution in [0.25, 0.3) is 0 Å². The first kappa shape index (κ1) is 10.2. The monoisotopic (exact) mass is 218 g/mol. The summed E-state index contributed by atoms with van der Waals surface area (Å²) in [6.45, 7) is 0. The van der Waals surface area contributed by atoms with E-state index >= 15 is 0 Å². The van der Waals surface area contributed by atoms with Crippen molar-refractivity contribution in [2.24, 2.45) is 0 Å². The molecule has 2 aromatic rings. The standard InChI is InChI=1S/C11H10N2O3/c1-15-8-3-2-4-9(5-8)16-11-6-10(14)12-7-13-11/h2-7H,1H3,(H,12,13,14). The van der Waals surface area contributed by atoms with Crippen LogP contribution in [0, 0.1) is 0 Å². The molecule has 16 heavy (non-hydrogen) atoms. The summed E-state index contributed by atoms with van der Waals surface area (Å²) in [5, 5.41) is 0. The Morgan fingerprint density at radius 1 is 1.25 bits per heavy atom. The van der Waals surface area contributed by atoms with Crippen LogP contribution in [0.2, 0.25) is 0 Å². The molecule has 0 saturated heterocycles. The van der Waals surface area contributed by atoms with E-state index in [9.17, 15) is 4.79 Å². The van der Waals surface area contributed by atoms with Crippen LogP contribution < -0.4 is 15.0 Å². The molecule has 0 aliphatic carbocycles. The van der Waals surface area contributed by atoms with E-state index in [2.05, 4.69) is 9.97 Å². The highest BCUT2D eigenvalue weighted by atomic mass is 16.5. The largest absolute Gasteiger partial charge is 0.497 e. The number of aromatic nitrogens is 2. The summed E-state index contributed by atoms with van der Waals surface area (Å²) in [6.07, 6.45) is 1.29. The lowest BCUT2D eigenvalue weighted by atomic mass is 10.3. The average molecular weight is 218 g/mol. The van der Waals surface area contributed by atoms with Gasteiger partial charge in [0.25, 0.3) is 5.56 Å². The molecule has 1 aromatic carbocycles. The van der Waals surface area contributed by atoms with Crippen molar-refractivity contribution in [1.29, 1.82) is 0 Å². The first-order valence-corrected chi connectivity index (χ1v) is 4.64. The maximum absolute atomic E-state index is 11.0. The van der Waals surface area contributed by atoms with Gasteiger partial charge in [-0.3, -0.25) is 4.79 Å². The second-order valence-electron chi connectivity index (χ2n) is 3.03. The zero-order valence-corrected chi connectivity index (χ0v) is 8.64. The number of nitrogens with one attached hydrogen (secondary N) is 1. The molecule has 0 radical (unpaired) electrons. The highest BCUT2D eigenvalue weighted by Gasteiger charge is 2.00. The zero-order chi connectivity index (χ0) is 11.4. The molecule has 0 atom stereocenters. The summed E-state index contributed by atoms with van der Waals surface area (Å²) in [5.41, 5.74) is -0.257. The molecular weight excluding hydrogens is 208 g/mol. The van der Waals surface area contributed by atoms with Crippen molar-refractivity contribution >= 4 is 0 Å². The topological polar surface area (TPSA) is 64.2 Å². The maximum Gasteiger partial charge on any atom is 0.254 e. The Kier molecular flexibility index (Phi) is 2.86. The van der Waals surface area contributed by atoms with Crippen LogP contribution >= 0.6 is 0 Å². The third-order valence-electron chi connectivity index (χ3n) is 1.92. The third-order valence-corrected chi connectivity index (χ3v) is 1.92. The molecule has 5 heteroatoms. The van der Waals surface area contributed by atoms with Crippen LogP contribution in [0.5, 0.6) is 17.4 Å². The van der Waals surface area contributed by atoms with Crippen molar-refractivity contribution in [2.75, 3.05) is 7.11 Å². The SMILES string of the molecule is COc1cccc(Oc2cc(=O)[nH]cn2)c1. The summed E-state index contributed by atoms with van der Waals surface area (Å²) in [4.78, 5) is 17.3. The Morgan fingerprint density at radius 3 is 2.81 bits per heavy atom. The van der Waals surface area contributed by atoms with Gasteiger partial charge in [0.2, 0.25) is 5.88 Å². The molecule has 82 valence electrons. The van der Waals surface area contributed by atoms with Gasteiger partial charge in [0.05, 0.1) is 19.5 Å². The van der Waals surface area contributed by atoms with Gasteiger partial charge >= 0.3 is 0 Å². The van der Waals surface area contributed by atoms with E-state index in [0.717, 1.165) is 0 Å². The van der Waals surface area contributed by atoms with E-state index in [1.54, 1.807) is 31.4 Å². The summed E-state index contributed by atoms with van der Waals surface area (Å²) < 4.78 is 10.4. The maximum atomic E-state index is 11.0. The van der Waals surface area contributed by atoms with Crippen molar-refractivity contribution in [3.63, 3.8) is 0 Å². The number of rotatable bonds is 3. The minimum Gasteiger partial charge on any atom is -0.497 e. The predicted octanol–water partition coefficient (Wildman–Crippen LogP) is 1.57. The quantitative estimate of drug-likeness (QED) is 0.849. The molecule has 0 aliphatic rings. The fraction of sp³-hybridized carbons (Fsp3) is 0.0909. The molecule has 0 saturated carbocycles. The van der Waals surface area contributed by atoms with Crippen molar-refractivity contribution < 1.29 is 9.47 Å². The van der Waals surface area contributed by atoms with E-state index < -0.39 is 0 Å². The molecule has 5 nitrogen and oxygen atoms in total. The molecule has 0 bridgehead atoms. The Bertz CT molecular complexity index is 537. The summed E-state index contributed by atoms with van der Waals surface area (Å²) in [5.74, 6) is 1.50. The summed E-state index contributed by atoms with van der Waals surface area (Å²) in [6, 6.07) is 8.34. The van der Waals surface area contributed by atoms with E-state index in [0.29, 0.717) is 11.5 Å².